The Bertz CT molecular complexity index is 570. The minimum Gasteiger partial charge on any atom is -0.469 e. The molecule has 1 N–H and O–H groups in total. The smallest absolute Gasteiger partial charge is 0.313 e. The fraction of sp³-hybridized carbons (Fsp3) is 0.500. The van der Waals surface area contributed by atoms with Gasteiger partial charge in [-0.15, -0.1) is 0 Å². The highest BCUT2D eigenvalue weighted by atomic mass is 35.5. The van der Waals surface area contributed by atoms with Gasteiger partial charge < -0.3 is 10.1 Å². The summed E-state index contributed by atoms with van der Waals surface area (Å²) in [5.74, 6) is -0.363. The van der Waals surface area contributed by atoms with Crippen molar-refractivity contribution in [2.24, 2.45) is 5.41 Å². The third-order valence-electron chi connectivity index (χ3n) is 3.87. The molecule has 0 aliphatic heterocycles. The normalized spacial score (nSPS) is 11.9. The highest BCUT2D eigenvalue weighted by Crippen LogP contribution is 2.37. The number of hydrogen-bond donors (Lipinski definition) is 1. The molecule has 1 aromatic carbocycles. The van der Waals surface area contributed by atoms with E-state index in [0.29, 0.717) is 5.69 Å². The molecular formula is C14H19ClN2O4. The first-order valence-electron chi connectivity index (χ1n) is 6.33. The first kappa shape index (κ1) is 17.2. The Morgan fingerprint density at radius 1 is 1.33 bits per heavy atom. The van der Waals surface area contributed by atoms with Crippen LogP contribution in [0.4, 0.5) is 11.4 Å². The summed E-state index contributed by atoms with van der Waals surface area (Å²) in [5.41, 5.74) is -1.08. The molecule has 0 aromatic heterocycles. The van der Waals surface area contributed by atoms with Crippen molar-refractivity contribution < 1.29 is 14.5 Å². The van der Waals surface area contributed by atoms with Gasteiger partial charge >= 0.3 is 5.97 Å². The number of nitro groups is 1. The Morgan fingerprint density at radius 3 is 2.33 bits per heavy atom. The number of rotatable bonds is 5. The molecule has 0 bridgehead atoms. The fourth-order valence-electron chi connectivity index (χ4n) is 1.72. The second-order valence-electron chi connectivity index (χ2n) is 5.79. The third kappa shape index (κ3) is 3.44. The van der Waals surface area contributed by atoms with Gasteiger partial charge in [-0.2, -0.15) is 0 Å². The van der Waals surface area contributed by atoms with Gasteiger partial charge in [0.15, 0.2) is 0 Å². The monoisotopic (exact) mass is 314 g/mol. The lowest BCUT2D eigenvalue weighted by atomic mass is 9.74. The highest BCUT2D eigenvalue weighted by Gasteiger charge is 2.44. The van der Waals surface area contributed by atoms with Gasteiger partial charge in [0.05, 0.1) is 28.2 Å². The maximum Gasteiger partial charge on any atom is 0.313 e. The molecule has 0 radical (unpaired) electrons. The predicted molar refractivity (Wildman–Crippen MR) is 81.6 cm³/mol. The van der Waals surface area contributed by atoms with Crippen molar-refractivity contribution in [1.82, 2.24) is 0 Å². The van der Waals surface area contributed by atoms with Crippen molar-refractivity contribution in [1.29, 1.82) is 0 Å². The van der Waals surface area contributed by atoms with E-state index in [2.05, 4.69) is 5.32 Å². The van der Waals surface area contributed by atoms with E-state index in [4.69, 9.17) is 16.3 Å². The molecule has 6 nitrogen and oxygen atoms in total. The average molecular weight is 315 g/mol. The van der Waals surface area contributed by atoms with E-state index in [0.717, 1.165) is 0 Å². The van der Waals surface area contributed by atoms with Crippen LogP contribution in [0.5, 0.6) is 0 Å². The number of carbonyl (C=O) groups is 1. The number of halogens is 1. The average Bonchev–Trinajstić information content (AvgIpc) is 2.39. The van der Waals surface area contributed by atoms with E-state index >= 15 is 0 Å². The summed E-state index contributed by atoms with van der Waals surface area (Å²) in [6, 6.07) is 4.15. The van der Waals surface area contributed by atoms with Gasteiger partial charge in [0.25, 0.3) is 5.69 Å². The number of esters is 1. The molecule has 7 heteroatoms. The van der Waals surface area contributed by atoms with Gasteiger partial charge in [-0.1, -0.05) is 11.6 Å². The number of nitrogens with zero attached hydrogens (tertiary/aromatic N) is 1. The van der Waals surface area contributed by atoms with E-state index in [1.165, 1.54) is 25.3 Å². The Balaban J connectivity index is 3.10. The number of non-ortho nitro benzene ring substituents is 1. The topological polar surface area (TPSA) is 81.5 Å². The first-order valence-corrected chi connectivity index (χ1v) is 6.71. The number of carbonyl (C=O) groups excluding carboxylic acids is 1. The summed E-state index contributed by atoms with van der Waals surface area (Å²) in [4.78, 5) is 22.1. The molecule has 0 atom stereocenters. The van der Waals surface area contributed by atoms with Crippen molar-refractivity contribution in [3.8, 4) is 0 Å². The zero-order chi connectivity index (χ0) is 16.4. The Labute approximate surface area is 128 Å². The van der Waals surface area contributed by atoms with Crippen LogP contribution in [-0.2, 0) is 9.53 Å². The minimum absolute atomic E-state index is 0.0874. The number of benzene rings is 1. The molecule has 0 saturated heterocycles. The van der Waals surface area contributed by atoms with Crippen LogP contribution in [0.1, 0.15) is 27.7 Å². The molecule has 0 fully saturated rings. The number of nitrogens with one attached hydrogen (secondary N) is 1. The highest BCUT2D eigenvalue weighted by molar-refractivity contribution is 6.33. The van der Waals surface area contributed by atoms with Gasteiger partial charge in [0.1, 0.15) is 0 Å². The number of methoxy groups -OCH3 is 1. The predicted octanol–water partition coefficient (Wildman–Crippen LogP) is 3.64. The van der Waals surface area contributed by atoms with Crippen molar-refractivity contribution in [3.05, 3.63) is 33.3 Å². The van der Waals surface area contributed by atoms with Crippen LogP contribution in [0.25, 0.3) is 0 Å². The molecule has 0 amide bonds. The number of hydrogen-bond acceptors (Lipinski definition) is 5. The van der Waals surface area contributed by atoms with E-state index < -0.39 is 15.9 Å². The molecule has 0 heterocycles. The fourth-order valence-corrected chi connectivity index (χ4v) is 1.94. The van der Waals surface area contributed by atoms with Crippen LogP contribution in [0.2, 0.25) is 5.02 Å². The molecule has 0 unspecified atom stereocenters. The Kier molecular flexibility index (Phi) is 4.83. The lowest BCUT2D eigenvalue weighted by molar-refractivity contribution is -0.384. The molecule has 1 rings (SSSR count). The molecule has 0 spiro atoms. The van der Waals surface area contributed by atoms with E-state index in [1.54, 1.807) is 13.8 Å². The van der Waals surface area contributed by atoms with Crippen LogP contribution in [0, 0.1) is 15.5 Å². The van der Waals surface area contributed by atoms with Crippen LogP contribution < -0.4 is 5.32 Å². The maximum atomic E-state index is 11.9. The summed E-state index contributed by atoms with van der Waals surface area (Å²) in [5, 5.41) is 14.1. The van der Waals surface area contributed by atoms with E-state index in [-0.39, 0.29) is 16.7 Å². The molecule has 0 aliphatic rings. The molecule has 0 aliphatic carbocycles. The third-order valence-corrected chi connectivity index (χ3v) is 4.18. The van der Waals surface area contributed by atoms with Crippen molar-refractivity contribution >= 4 is 28.9 Å². The second kappa shape index (κ2) is 5.89. The molecule has 0 saturated carbocycles. The molecule has 116 valence electrons. The summed E-state index contributed by atoms with van der Waals surface area (Å²) in [6.07, 6.45) is 0. The van der Waals surface area contributed by atoms with Gasteiger partial charge in [-0.05, 0) is 33.8 Å². The van der Waals surface area contributed by atoms with Crippen LogP contribution in [0.15, 0.2) is 18.2 Å². The Morgan fingerprint density at radius 2 is 1.90 bits per heavy atom. The lowest BCUT2D eigenvalue weighted by Crippen LogP contribution is -2.51. The number of ether oxygens (including phenoxy) is 1. The van der Waals surface area contributed by atoms with Crippen LogP contribution >= 0.6 is 11.6 Å². The zero-order valence-electron chi connectivity index (χ0n) is 12.7. The molecule has 21 heavy (non-hydrogen) atoms. The summed E-state index contributed by atoms with van der Waals surface area (Å²) in [7, 11) is 1.33. The number of nitro benzene ring substituents is 1. The van der Waals surface area contributed by atoms with Crippen LogP contribution in [-0.4, -0.2) is 23.5 Å². The van der Waals surface area contributed by atoms with Crippen molar-refractivity contribution in [2.45, 2.75) is 33.2 Å². The van der Waals surface area contributed by atoms with E-state index in [1.807, 2.05) is 13.8 Å². The van der Waals surface area contributed by atoms with Gasteiger partial charge in [-0.25, -0.2) is 0 Å². The maximum absolute atomic E-state index is 11.9. The van der Waals surface area contributed by atoms with Crippen molar-refractivity contribution in [2.75, 3.05) is 12.4 Å². The van der Waals surface area contributed by atoms with Gasteiger partial charge in [0.2, 0.25) is 0 Å². The quantitative estimate of drug-likeness (QED) is 0.510. The zero-order valence-corrected chi connectivity index (χ0v) is 13.4. The van der Waals surface area contributed by atoms with Crippen molar-refractivity contribution in [3.63, 3.8) is 0 Å². The first-order chi connectivity index (χ1) is 9.52. The standard InChI is InChI=1S/C14H19ClN2O4/c1-13(2,12(18)21-5)14(3,4)16-11-7-6-9(17(19)20)8-10(11)15/h6-8,16H,1-5H3. The summed E-state index contributed by atoms with van der Waals surface area (Å²) < 4.78 is 4.82. The minimum atomic E-state index is -0.827. The molecular weight excluding hydrogens is 296 g/mol. The second-order valence-corrected chi connectivity index (χ2v) is 6.20. The largest absolute Gasteiger partial charge is 0.469 e. The van der Waals surface area contributed by atoms with E-state index in [9.17, 15) is 14.9 Å². The van der Waals surface area contributed by atoms with Crippen LogP contribution in [0.3, 0.4) is 0 Å². The SMILES string of the molecule is COC(=O)C(C)(C)C(C)(C)Nc1ccc([N+](=O)[O-])cc1Cl. The lowest BCUT2D eigenvalue weighted by Gasteiger charge is -2.40. The Hall–Kier alpha value is -1.82. The van der Waals surface area contributed by atoms with Gasteiger partial charge in [0, 0.05) is 17.7 Å². The molecule has 1 aromatic rings. The summed E-state index contributed by atoms with van der Waals surface area (Å²) in [6.45, 7) is 7.18. The van der Waals surface area contributed by atoms with Gasteiger partial charge in [-0.3, -0.25) is 14.9 Å². The summed E-state index contributed by atoms with van der Waals surface area (Å²) >= 11 is 6.06. The number of anilines is 1.